The van der Waals surface area contributed by atoms with E-state index in [0.717, 1.165) is 17.5 Å². The molecule has 1 heterocycles. The summed E-state index contributed by atoms with van der Waals surface area (Å²) in [5, 5.41) is 10.3. The molecule has 0 saturated heterocycles. The Kier molecular flexibility index (Phi) is 8.58. The summed E-state index contributed by atoms with van der Waals surface area (Å²) in [5.74, 6) is 0.491. The second-order valence-corrected chi connectivity index (χ2v) is 5.90. The summed E-state index contributed by atoms with van der Waals surface area (Å²) < 4.78 is 42.2. The van der Waals surface area contributed by atoms with Crippen LogP contribution in [0.4, 0.5) is 13.2 Å². The number of hydrogen-bond acceptors (Lipinski definition) is 2. The molecule has 2 aromatic rings. The van der Waals surface area contributed by atoms with Crippen LogP contribution in [0, 0.1) is 13.8 Å². The molecule has 0 aliphatic heterocycles. The molecule has 0 radical (unpaired) electrons. The Morgan fingerprint density at radius 2 is 1.74 bits per heavy atom. The van der Waals surface area contributed by atoms with Gasteiger partial charge in [0.25, 0.3) is 0 Å². The van der Waals surface area contributed by atoms with E-state index in [-0.39, 0.29) is 36.1 Å². The van der Waals surface area contributed by atoms with Crippen molar-refractivity contribution in [2.24, 2.45) is 4.99 Å². The molecule has 1 aromatic heterocycles. The van der Waals surface area contributed by atoms with E-state index in [9.17, 15) is 13.2 Å². The van der Waals surface area contributed by atoms with Crippen LogP contribution in [0.1, 0.15) is 36.4 Å². The molecule has 0 aliphatic rings. The van der Waals surface area contributed by atoms with Crippen LogP contribution in [-0.2, 0) is 12.7 Å². The number of halogens is 4. The summed E-state index contributed by atoms with van der Waals surface area (Å²) in [6.07, 6.45) is -4.46. The molecule has 150 valence electrons. The number of hydrogen-bond donors (Lipinski definition) is 2. The van der Waals surface area contributed by atoms with Crippen LogP contribution in [0.5, 0.6) is 0 Å². The molecule has 0 saturated carbocycles. The summed E-state index contributed by atoms with van der Waals surface area (Å²) >= 11 is 0. The van der Waals surface area contributed by atoms with Gasteiger partial charge in [0.05, 0.1) is 23.5 Å². The van der Waals surface area contributed by atoms with Gasteiger partial charge in [-0.15, -0.1) is 24.0 Å². The molecule has 0 atom stereocenters. The quantitative estimate of drug-likeness (QED) is 0.372. The number of aromatic nitrogens is 2. The monoisotopic (exact) mass is 495 g/mol. The molecule has 0 spiro atoms. The molecule has 5 nitrogen and oxygen atoms in total. The van der Waals surface area contributed by atoms with Gasteiger partial charge < -0.3 is 10.6 Å². The van der Waals surface area contributed by atoms with E-state index in [1.54, 1.807) is 13.0 Å². The standard InChI is InChI=1S/C18H24F3N5.HI/c1-5-22-17(23-6-2)24-11-14-7-8-15(10-16(14)18(19,20)21)26-13(4)9-12(3)25-26;/h7-10H,5-6,11H2,1-4H3,(H2,22,23,24);1H. The van der Waals surface area contributed by atoms with Gasteiger partial charge in [-0.25, -0.2) is 9.67 Å². The van der Waals surface area contributed by atoms with Crippen molar-refractivity contribution in [3.63, 3.8) is 0 Å². The van der Waals surface area contributed by atoms with E-state index >= 15 is 0 Å². The third-order valence-corrected chi connectivity index (χ3v) is 3.75. The normalized spacial score (nSPS) is 10.9. The number of benzene rings is 1. The summed E-state index contributed by atoms with van der Waals surface area (Å²) in [4.78, 5) is 4.24. The molecule has 0 fully saturated rings. The number of guanidine groups is 1. The Labute approximate surface area is 174 Å². The molecular weight excluding hydrogens is 470 g/mol. The zero-order chi connectivity index (χ0) is 19.3. The van der Waals surface area contributed by atoms with Crippen LogP contribution in [0.3, 0.4) is 0 Å². The second-order valence-electron chi connectivity index (χ2n) is 5.90. The van der Waals surface area contributed by atoms with E-state index in [1.807, 2.05) is 26.8 Å². The minimum atomic E-state index is -4.46. The summed E-state index contributed by atoms with van der Waals surface area (Å²) in [6, 6.07) is 6.06. The lowest BCUT2D eigenvalue weighted by molar-refractivity contribution is -0.138. The van der Waals surface area contributed by atoms with E-state index in [0.29, 0.717) is 24.7 Å². The topological polar surface area (TPSA) is 54.2 Å². The minimum Gasteiger partial charge on any atom is -0.357 e. The Morgan fingerprint density at radius 3 is 2.22 bits per heavy atom. The number of rotatable bonds is 5. The molecule has 2 rings (SSSR count). The fraction of sp³-hybridized carbons (Fsp3) is 0.444. The first-order valence-corrected chi connectivity index (χ1v) is 8.52. The highest BCUT2D eigenvalue weighted by atomic mass is 127. The maximum absolute atomic E-state index is 13.6. The molecule has 0 bridgehead atoms. The number of aliphatic imine (C=N–C) groups is 1. The Morgan fingerprint density at radius 1 is 1.11 bits per heavy atom. The maximum Gasteiger partial charge on any atom is 0.416 e. The Hall–Kier alpha value is -1.78. The molecular formula is C18H25F3IN5. The van der Waals surface area contributed by atoms with Gasteiger partial charge in [0, 0.05) is 18.8 Å². The molecule has 0 amide bonds. The fourth-order valence-corrected chi connectivity index (χ4v) is 2.66. The van der Waals surface area contributed by atoms with Crippen molar-refractivity contribution < 1.29 is 13.2 Å². The SMILES string of the molecule is CCNC(=NCc1ccc(-n2nc(C)cc2C)cc1C(F)(F)F)NCC.I. The number of alkyl halides is 3. The first kappa shape index (κ1) is 23.3. The van der Waals surface area contributed by atoms with Crippen LogP contribution in [0.2, 0.25) is 0 Å². The van der Waals surface area contributed by atoms with Crippen LogP contribution in [0.15, 0.2) is 29.3 Å². The van der Waals surface area contributed by atoms with Crippen molar-refractivity contribution in [3.05, 3.63) is 46.8 Å². The highest BCUT2D eigenvalue weighted by Crippen LogP contribution is 2.34. The minimum absolute atomic E-state index is 0. The number of nitrogens with one attached hydrogen (secondary N) is 2. The predicted molar refractivity (Wildman–Crippen MR) is 112 cm³/mol. The number of nitrogens with zero attached hydrogens (tertiary/aromatic N) is 3. The van der Waals surface area contributed by atoms with Gasteiger partial charge >= 0.3 is 6.18 Å². The van der Waals surface area contributed by atoms with Gasteiger partial charge in [0.2, 0.25) is 0 Å². The van der Waals surface area contributed by atoms with Crippen molar-refractivity contribution in [1.82, 2.24) is 20.4 Å². The van der Waals surface area contributed by atoms with Crippen molar-refractivity contribution >= 4 is 29.9 Å². The van der Waals surface area contributed by atoms with Gasteiger partial charge in [-0.05, 0) is 51.5 Å². The summed E-state index contributed by atoms with van der Waals surface area (Å²) in [7, 11) is 0. The first-order chi connectivity index (χ1) is 12.3. The molecule has 2 N–H and O–H groups in total. The maximum atomic E-state index is 13.6. The lowest BCUT2D eigenvalue weighted by atomic mass is 10.1. The van der Waals surface area contributed by atoms with Gasteiger partial charge in [0.1, 0.15) is 0 Å². The third kappa shape index (κ3) is 6.12. The molecule has 0 unspecified atom stereocenters. The molecule has 0 aliphatic carbocycles. The smallest absolute Gasteiger partial charge is 0.357 e. The molecule has 1 aromatic carbocycles. The van der Waals surface area contributed by atoms with Gasteiger partial charge in [-0.3, -0.25) is 0 Å². The highest BCUT2D eigenvalue weighted by molar-refractivity contribution is 14.0. The first-order valence-electron chi connectivity index (χ1n) is 8.52. The average Bonchev–Trinajstić information content (AvgIpc) is 2.90. The van der Waals surface area contributed by atoms with E-state index in [2.05, 4.69) is 20.7 Å². The van der Waals surface area contributed by atoms with Crippen LogP contribution in [-0.4, -0.2) is 28.8 Å². The Bertz CT molecular complexity index is 776. The van der Waals surface area contributed by atoms with Crippen LogP contribution < -0.4 is 10.6 Å². The van der Waals surface area contributed by atoms with Crippen molar-refractivity contribution in [1.29, 1.82) is 0 Å². The van der Waals surface area contributed by atoms with Crippen molar-refractivity contribution in [3.8, 4) is 5.69 Å². The average molecular weight is 495 g/mol. The van der Waals surface area contributed by atoms with E-state index in [1.165, 1.54) is 10.7 Å². The van der Waals surface area contributed by atoms with Crippen molar-refractivity contribution in [2.75, 3.05) is 13.1 Å². The Balaban J connectivity index is 0.00000364. The van der Waals surface area contributed by atoms with E-state index < -0.39 is 11.7 Å². The second kappa shape index (κ2) is 9.95. The van der Waals surface area contributed by atoms with Gasteiger partial charge in [-0.2, -0.15) is 18.3 Å². The summed E-state index contributed by atoms with van der Waals surface area (Å²) in [5.41, 5.74) is 1.35. The van der Waals surface area contributed by atoms with Gasteiger partial charge in [0.15, 0.2) is 5.96 Å². The van der Waals surface area contributed by atoms with Crippen molar-refractivity contribution in [2.45, 2.75) is 40.4 Å². The zero-order valence-electron chi connectivity index (χ0n) is 15.8. The number of aryl methyl sites for hydroxylation is 2. The summed E-state index contributed by atoms with van der Waals surface area (Å²) in [6.45, 7) is 8.62. The molecule has 27 heavy (non-hydrogen) atoms. The predicted octanol–water partition coefficient (Wildman–Crippen LogP) is 4.20. The largest absolute Gasteiger partial charge is 0.416 e. The molecule has 9 heteroatoms. The van der Waals surface area contributed by atoms with E-state index in [4.69, 9.17) is 0 Å². The fourth-order valence-electron chi connectivity index (χ4n) is 2.66. The highest BCUT2D eigenvalue weighted by Gasteiger charge is 2.33. The third-order valence-electron chi connectivity index (χ3n) is 3.75. The zero-order valence-corrected chi connectivity index (χ0v) is 18.1. The lowest BCUT2D eigenvalue weighted by Gasteiger charge is -2.15. The van der Waals surface area contributed by atoms with Crippen LogP contribution >= 0.6 is 24.0 Å². The lowest BCUT2D eigenvalue weighted by Crippen LogP contribution is -2.37. The van der Waals surface area contributed by atoms with Gasteiger partial charge in [-0.1, -0.05) is 6.07 Å². The van der Waals surface area contributed by atoms with Crippen LogP contribution in [0.25, 0.3) is 5.69 Å².